The number of hydrogen-bond donors (Lipinski definition) is 2. The molecule has 1 fully saturated rings. The Morgan fingerprint density at radius 2 is 2.00 bits per heavy atom. The average Bonchev–Trinajstić information content (AvgIpc) is 2.69. The van der Waals surface area contributed by atoms with Gasteiger partial charge in [0.05, 0.1) is 4.88 Å². The van der Waals surface area contributed by atoms with Gasteiger partial charge < -0.3 is 16.4 Å². The van der Waals surface area contributed by atoms with Gasteiger partial charge in [0.15, 0.2) is 0 Å². The molecule has 0 atom stereocenters. The van der Waals surface area contributed by atoms with Gasteiger partial charge in [-0.05, 0) is 25.8 Å². The summed E-state index contributed by atoms with van der Waals surface area (Å²) in [6, 6.07) is 1.72. The van der Waals surface area contributed by atoms with Crippen molar-refractivity contribution >= 4 is 28.8 Å². The summed E-state index contributed by atoms with van der Waals surface area (Å²) < 4.78 is 0. The molecule has 0 bridgehead atoms. The minimum Gasteiger partial charge on any atom is -0.398 e. The number of carbonyl (C=O) groups excluding carboxylic acids is 2. The molecule has 5 nitrogen and oxygen atoms in total. The first kappa shape index (κ1) is 12.9. The second-order valence-corrected chi connectivity index (χ2v) is 5.85. The number of carbonyl (C=O) groups is 2. The van der Waals surface area contributed by atoms with Gasteiger partial charge in [-0.15, -0.1) is 11.3 Å². The molecule has 0 saturated carbocycles. The number of likely N-dealkylation sites (tertiary alicyclic amines) is 1. The molecule has 0 unspecified atom stereocenters. The first-order chi connectivity index (χ1) is 8.49. The van der Waals surface area contributed by atoms with E-state index in [1.165, 1.54) is 11.3 Å². The van der Waals surface area contributed by atoms with Gasteiger partial charge in [0.1, 0.15) is 0 Å². The number of hydrogen-bond acceptors (Lipinski definition) is 4. The van der Waals surface area contributed by atoms with Crippen LogP contribution in [0.25, 0.3) is 0 Å². The van der Waals surface area contributed by atoms with Crippen LogP contribution in [0.1, 0.15) is 27.4 Å². The zero-order valence-corrected chi connectivity index (χ0v) is 11.1. The van der Waals surface area contributed by atoms with E-state index in [-0.39, 0.29) is 17.7 Å². The molecule has 1 aromatic heterocycles. The van der Waals surface area contributed by atoms with E-state index in [0.29, 0.717) is 36.5 Å². The molecule has 0 spiro atoms. The first-order valence-corrected chi connectivity index (χ1v) is 6.75. The van der Waals surface area contributed by atoms with Crippen LogP contribution in [-0.2, 0) is 4.79 Å². The number of anilines is 1. The quantitative estimate of drug-likeness (QED) is 0.837. The lowest BCUT2D eigenvalue weighted by Gasteiger charge is -2.30. The molecule has 0 aliphatic carbocycles. The highest BCUT2D eigenvalue weighted by atomic mass is 32.1. The van der Waals surface area contributed by atoms with Crippen LogP contribution in [-0.4, -0.2) is 29.8 Å². The predicted molar refractivity (Wildman–Crippen MR) is 71.3 cm³/mol. The van der Waals surface area contributed by atoms with Crippen molar-refractivity contribution in [1.29, 1.82) is 0 Å². The third-order valence-corrected chi connectivity index (χ3v) is 4.41. The molecule has 0 radical (unpaired) electrons. The Morgan fingerprint density at radius 3 is 2.44 bits per heavy atom. The lowest BCUT2D eigenvalue weighted by molar-refractivity contribution is -0.123. The van der Waals surface area contributed by atoms with Crippen LogP contribution in [0.4, 0.5) is 5.69 Å². The van der Waals surface area contributed by atoms with Gasteiger partial charge >= 0.3 is 0 Å². The predicted octanol–water partition coefficient (Wildman–Crippen LogP) is 0.976. The number of thiophene rings is 1. The molecule has 18 heavy (non-hydrogen) atoms. The van der Waals surface area contributed by atoms with Gasteiger partial charge in [-0.3, -0.25) is 9.59 Å². The molecule has 98 valence electrons. The summed E-state index contributed by atoms with van der Waals surface area (Å²) in [5.41, 5.74) is 11.7. The minimum absolute atomic E-state index is 0.00252. The van der Waals surface area contributed by atoms with E-state index in [4.69, 9.17) is 11.5 Å². The number of nitrogens with two attached hydrogens (primary N) is 2. The third kappa shape index (κ3) is 2.48. The van der Waals surface area contributed by atoms with E-state index < -0.39 is 0 Å². The standard InChI is InChI=1S/C12H17N3O2S/c1-7-9(13)6-10(18-7)12(17)15-4-2-8(3-5-15)11(14)16/h6,8H,2-5,13H2,1H3,(H2,14,16). The molecule has 2 amide bonds. The molecule has 0 aromatic carbocycles. The zero-order valence-electron chi connectivity index (χ0n) is 10.3. The summed E-state index contributed by atoms with van der Waals surface area (Å²) in [4.78, 5) is 26.7. The second kappa shape index (κ2) is 4.97. The number of amides is 2. The van der Waals surface area contributed by atoms with E-state index in [0.717, 1.165) is 4.88 Å². The first-order valence-electron chi connectivity index (χ1n) is 5.93. The molecule has 2 rings (SSSR count). The Labute approximate surface area is 110 Å². The molecule has 1 aliphatic rings. The van der Waals surface area contributed by atoms with Gasteiger partial charge in [0, 0.05) is 29.6 Å². The van der Waals surface area contributed by atoms with Crippen molar-refractivity contribution in [3.05, 3.63) is 15.8 Å². The Kier molecular flexibility index (Phi) is 3.56. The van der Waals surface area contributed by atoms with Crippen LogP contribution in [0, 0.1) is 12.8 Å². The highest BCUT2D eigenvalue weighted by molar-refractivity contribution is 7.14. The van der Waals surface area contributed by atoms with Crippen molar-refractivity contribution in [2.45, 2.75) is 19.8 Å². The largest absolute Gasteiger partial charge is 0.398 e. The summed E-state index contributed by atoms with van der Waals surface area (Å²) in [5, 5.41) is 0. The highest BCUT2D eigenvalue weighted by Gasteiger charge is 2.27. The third-order valence-electron chi connectivity index (χ3n) is 3.35. The van der Waals surface area contributed by atoms with Gasteiger partial charge in [-0.1, -0.05) is 0 Å². The number of nitrogens with zero attached hydrogens (tertiary/aromatic N) is 1. The van der Waals surface area contributed by atoms with Crippen LogP contribution in [0.15, 0.2) is 6.07 Å². The molecule has 1 aliphatic heterocycles. The van der Waals surface area contributed by atoms with Crippen molar-refractivity contribution < 1.29 is 9.59 Å². The lowest BCUT2D eigenvalue weighted by Crippen LogP contribution is -2.41. The van der Waals surface area contributed by atoms with Crippen molar-refractivity contribution in [3.8, 4) is 0 Å². The normalized spacial score (nSPS) is 16.8. The Morgan fingerprint density at radius 1 is 1.39 bits per heavy atom. The Bertz CT molecular complexity index is 456. The summed E-state index contributed by atoms with van der Waals surface area (Å²) in [7, 11) is 0. The number of rotatable bonds is 2. The second-order valence-electron chi connectivity index (χ2n) is 4.59. The van der Waals surface area contributed by atoms with E-state index >= 15 is 0 Å². The monoisotopic (exact) mass is 267 g/mol. The fraction of sp³-hybridized carbons (Fsp3) is 0.500. The van der Waals surface area contributed by atoms with Crippen LogP contribution < -0.4 is 11.5 Å². The SMILES string of the molecule is Cc1sc(C(=O)N2CCC(C(N)=O)CC2)cc1N. The number of piperidine rings is 1. The van der Waals surface area contributed by atoms with Gasteiger partial charge in [0.25, 0.3) is 5.91 Å². The summed E-state index contributed by atoms with van der Waals surface area (Å²) >= 11 is 1.42. The molecular weight excluding hydrogens is 250 g/mol. The molecule has 1 saturated heterocycles. The lowest BCUT2D eigenvalue weighted by atomic mass is 9.96. The van der Waals surface area contributed by atoms with Crippen LogP contribution >= 0.6 is 11.3 Å². The maximum absolute atomic E-state index is 12.2. The van der Waals surface area contributed by atoms with Gasteiger partial charge in [-0.2, -0.15) is 0 Å². The Balaban J connectivity index is 2.01. The topological polar surface area (TPSA) is 89.4 Å². The number of aryl methyl sites for hydroxylation is 1. The van der Waals surface area contributed by atoms with Crippen molar-refractivity contribution in [2.75, 3.05) is 18.8 Å². The van der Waals surface area contributed by atoms with Crippen LogP contribution in [0.5, 0.6) is 0 Å². The smallest absolute Gasteiger partial charge is 0.264 e. The maximum Gasteiger partial charge on any atom is 0.264 e. The number of nitrogen functional groups attached to an aromatic ring is 1. The fourth-order valence-electron chi connectivity index (χ4n) is 2.12. The van der Waals surface area contributed by atoms with E-state index in [2.05, 4.69) is 0 Å². The molecule has 6 heteroatoms. The van der Waals surface area contributed by atoms with Crippen LogP contribution in [0.2, 0.25) is 0 Å². The molecule has 1 aromatic rings. The molecule has 4 N–H and O–H groups in total. The minimum atomic E-state index is -0.265. The molecular formula is C12H17N3O2S. The molecule has 2 heterocycles. The maximum atomic E-state index is 12.2. The summed E-state index contributed by atoms with van der Waals surface area (Å²) in [6.07, 6.45) is 1.31. The fourth-order valence-corrected chi connectivity index (χ4v) is 3.03. The average molecular weight is 267 g/mol. The number of primary amides is 1. The van der Waals surface area contributed by atoms with Gasteiger partial charge in [0.2, 0.25) is 5.91 Å². The highest BCUT2D eigenvalue weighted by Crippen LogP contribution is 2.26. The van der Waals surface area contributed by atoms with E-state index in [9.17, 15) is 9.59 Å². The van der Waals surface area contributed by atoms with Crippen molar-refractivity contribution in [1.82, 2.24) is 4.90 Å². The summed E-state index contributed by atoms with van der Waals surface area (Å²) in [5.74, 6) is -0.356. The van der Waals surface area contributed by atoms with E-state index in [1.807, 2.05) is 6.92 Å². The van der Waals surface area contributed by atoms with Gasteiger partial charge in [-0.25, -0.2) is 0 Å². The van der Waals surface area contributed by atoms with Crippen molar-refractivity contribution in [3.63, 3.8) is 0 Å². The zero-order chi connectivity index (χ0) is 13.3. The van der Waals surface area contributed by atoms with Crippen LogP contribution in [0.3, 0.4) is 0 Å². The Hall–Kier alpha value is -1.56. The van der Waals surface area contributed by atoms with E-state index in [1.54, 1.807) is 11.0 Å². The summed E-state index contributed by atoms with van der Waals surface area (Å²) in [6.45, 7) is 3.07. The van der Waals surface area contributed by atoms with Crippen molar-refractivity contribution in [2.24, 2.45) is 11.7 Å².